The first-order chi connectivity index (χ1) is 11.2. The lowest BCUT2D eigenvalue weighted by molar-refractivity contribution is -0.131. The average Bonchev–Trinajstić information content (AvgIpc) is 3.04. The molecule has 1 saturated heterocycles. The maximum atomic E-state index is 13.0. The SMILES string of the molecule is Cl.Cl.Cl.NCC(=O)N1CCN(Cc2csc(-c3ccc(F)cc3)n2)CC1. The highest BCUT2D eigenvalue weighted by Crippen LogP contribution is 2.24. The van der Waals surface area contributed by atoms with Gasteiger partial charge in [0.2, 0.25) is 5.91 Å². The van der Waals surface area contributed by atoms with Crippen LogP contribution in [-0.4, -0.2) is 53.4 Å². The molecule has 0 saturated carbocycles. The number of thiazole rings is 1. The van der Waals surface area contributed by atoms with Crippen LogP contribution in [0.2, 0.25) is 0 Å². The summed E-state index contributed by atoms with van der Waals surface area (Å²) in [5.74, 6) is -0.229. The quantitative estimate of drug-likeness (QED) is 0.789. The van der Waals surface area contributed by atoms with E-state index in [0.29, 0.717) is 13.1 Å². The minimum atomic E-state index is -0.240. The summed E-state index contributed by atoms with van der Waals surface area (Å²) >= 11 is 1.56. The van der Waals surface area contributed by atoms with Gasteiger partial charge in [-0.3, -0.25) is 9.69 Å². The summed E-state index contributed by atoms with van der Waals surface area (Å²) in [6, 6.07) is 6.39. The maximum absolute atomic E-state index is 13.0. The van der Waals surface area contributed by atoms with E-state index >= 15 is 0 Å². The Hall–Kier alpha value is -0.960. The van der Waals surface area contributed by atoms with Gasteiger partial charge in [-0.25, -0.2) is 9.37 Å². The largest absolute Gasteiger partial charge is 0.339 e. The number of piperazine rings is 1. The van der Waals surface area contributed by atoms with E-state index in [1.165, 1.54) is 12.1 Å². The normalized spacial score (nSPS) is 14.0. The summed E-state index contributed by atoms with van der Waals surface area (Å²) in [7, 11) is 0. The smallest absolute Gasteiger partial charge is 0.236 e. The van der Waals surface area contributed by atoms with Gasteiger partial charge in [-0.2, -0.15) is 0 Å². The standard InChI is InChI=1S/C16H19FN4OS.3ClH/c17-13-3-1-12(2-4-13)16-19-14(11-23-16)10-20-5-7-21(8-6-20)15(22)9-18;;;/h1-4,11H,5-10,18H2;3*1H. The Balaban J connectivity index is 0.00000208. The highest BCUT2D eigenvalue weighted by atomic mass is 35.5. The van der Waals surface area contributed by atoms with Gasteiger partial charge in [0.1, 0.15) is 10.8 Å². The molecular weight excluding hydrogens is 422 g/mol. The number of rotatable bonds is 4. The van der Waals surface area contributed by atoms with Gasteiger partial charge in [-0.15, -0.1) is 48.6 Å². The number of benzene rings is 1. The number of hydrogen-bond donors (Lipinski definition) is 1. The molecule has 2 aromatic rings. The first-order valence-corrected chi connectivity index (χ1v) is 8.44. The monoisotopic (exact) mass is 442 g/mol. The molecule has 146 valence electrons. The Kier molecular flexibility index (Phi) is 11.3. The number of nitrogens with zero attached hydrogens (tertiary/aromatic N) is 3. The molecule has 2 heterocycles. The van der Waals surface area contributed by atoms with Crippen molar-refractivity contribution in [2.75, 3.05) is 32.7 Å². The van der Waals surface area contributed by atoms with E-state index in [4.69, 9.17) is 5.73 Å². The summed E-state index contributed by atoms with van der Waals surface area (Å²) in [5, 5.41) is 2.94. The molecule has 0 unspecified atom stereocenters. The zero-order chi connectivity index (χ0) is 16.2. The molecule has 1 fully saturated rings. The third-order valence-electron chi connectivity index (χ3n) is 3.93. The second-order valence-corrected chi connectivity index (χ2v) is 6.37. The van der Waals surface area contributed by atoms with Crippen LogP contribution in [0.1, 0.15) is 5.69 Å². The van der Waals surface area contributed by atoms with E-state index in [1.807, 2.05) is 10.3 Å². The van der Waals surface area contributed by atoms with Crippen LogP contribution in [0.5, 0.6) is 0 Å². The molecule has 10 heteroatoms. The van der Waals surface area contributed by atoms with Crippen LogP contribution in [0.25, 0.3) is 10.6 Å². The lowest BCUT2D eigenvalue weighted by Gasteiger charge is -2.34. The summed E-state index contributed by atoms with van der Waals surface area (Å²) in [6.45, 7) is 3.93. The summed E-state index contributed by atoms with van der Waals surface area (Å²) in [6.07, 6.45) is 0. The van der Waals surface area contributed by atoms with Crippen molar-refractivity contribution in [3.05, 3.63) is 41.2 Å². The van der Waals surface area contributed by atoms with Crippen molar-refractivity contribution < 1.29 is 9.18 Å². The number of carbonyl (C=O) groups is 1. The number of amides is 1. The highest BCUT2D eigenvalue weighted by molar-refractivity contribution is 7.13. The molecule has 1 aliphatic heterocycles. The Labute approximate surface area is 175 Å². The second-order valence-electron chi connectivity index (χ2n) is 5.51. The van der Waals surface area contributed by atoms with Crippen LogP contribution in [0, 0.1) is 5.82 Å². The third-order valence-corrected chi connectivity index (χ3v) is 4.87. The Morgan fingerprint density at radius 3 is 2.31 bits per heavy atom. The molecule has 0 spiro atoms. The molecule has 0 atom stereocenters. The van der Waals surface area contributed by atoms with Crippen molar-refractivity contribution in [3.8, 4) is 10.6 Å². The molecule has 0 radical (unpaired) electrons. The van der Waals surface area contributed by atoms with Crippen LogP contribution >= 0.6 is 48.6 Å². The number of carbonyl (C=O) groups excluding carboxylic acids is 1. The number of aromatic nitrogens is 1. The van der Waals surface area contributed by atoms with Crippen molar-refractivity contribution in [1.82, 2.24) is 14.8 Å². The van der Waals surface area contributed by atoms with Gasteiger partial charge in [-0.1, -0.05) is 0 Å². The number of nitrogens with two attached hydrogens (primary N) is 1. The minimum Gasteiger partial charge on any atom is -0.339 e. The fourth-order valence-corrected chi connectivity index (χ4v) is 3.44. The van der Waals surface area contributed by atoms with E-state index in [0.717, 1.165) is 35.9 Å². The molecule has 26 heavy (non-hydrogen) atoms. The first kappa shape index (κ1) is 25.0. The van der Waals surface area contributed by atoms with E-state index in [1.54, 1.807) is 23.5 Å². The van der Waals surface area contributed by atoms with E-state index < -0.39 is 0 Å². The lowest BCUT2D eigenvalue weighted by Crippen LogP contribution is -2.49. The molecular formula is C16H22Cl3FN4OS. The van der Waals surface area contributed by atoms with Gasteiger partial charge >= 0.3 is 0 Å². The second kappa shape index (κ2) is 11.7. The molecule has 1 aliphatic rings. The van der Waals surface area contributed by atoms with E-state index in [2.05, 4.69) is 9.88 Å². The lowest BCUT2D eigenvalue weighted by atomic mass is 10.2. The molecule has 5 nitrogen and oxygen atoms in total. The van der Waals surface area contributed by atoms with Crippen LogP contribution in [0.4, 0.5) is 4.39 Å². The predicted molar refractivity (Wildman–Crippen MR) is 110 cm³/mol. The average molecular weight is 444 g/mol. The third kappa shape index (κ3) is 6.33. The van der Waals surface area contributed by atoms with Crippen molar-refractivity contribution in [2.45, 2.75) is 6.54 Å². The molecule has 1 aromatic carbocycles. The topological polar surface area (TPSA) is 62.5 Å². The predicted octanol–water partition coefficient (Wildman–Crippen LogP) is 2.82. The van der Waals surface area contributed by atoms with Crippen molar-refractivity contribution >= 4 is 54.5 Å². The van der Waals surface area contributed by atoms with Crippen LogP contribution in [0.3, 0.4) is 0 Å². The first-order valence-electron chi connectivity index (χ1n) is 7.56. The molecule has 2 N–H and O–H groups in total. The van der Waals surface area contributed by atoms with E-state index in [9.17, 15) is 9.18 Å². The van der Waals surface area contributed by atoms with Crippen LogP contribution in [-0.2, 0) is 11.3 Å². The van der Waals surface area contributed by atoms with Crippen molar-refractivity contribution in [1.29, 1.82) is 0 Å². The molecule has 0 bridgehead atoms. The minimum absolute atomic E-state index is 0. The van der Waals surface area contributed by atoms with Gasteiger partial charge in [-0.05, 0) is 24.3 Å². The van der Waals surface area contributed by atoms with Gasteiger partial charge < -0.3 is 10.6 Å². The summed E-state index contributed by atoms with van der Waals surface area (Å²) < 4.78 is 13.0. The van der Waals surface area contributed by atoms with Crippen LogP contribution < -0.4 is 5.73 Å². The van der Waals surface area contributed by atoms with Gasteiger partial charge in [0, 0.05) is 43.7 Å². The van der Waals surface area contributed by atoms with Gasteiger partial charge in [0.15, 0.2) is 0 Å². The molecule has 1 aromatic heterocycles. The zero-order valence-electron chi connectivity index (χ0n) is 14.0. The molecule has 3 rings (SSSR count). The van der Waals surface area contributed by atoms with Crippen LogP contribution in [0.15, 0.2) is 29.6 Å². The Morgan fingerprint density at radius 2 is 1.73 bits per heavy atom. The Bertz CT molecular complexity index is 678. The fourth-order valence-electron chi connectivity index (χ4n) is 2.62. The summed E-state index contributed by atoms with van der Waals surface area (Å²) in [5.41, 5.74) is 7.33. The van der Waals surface area contributed by atoms with Gasteiger partial charge in [0.05, 0.1) is 12.2 Å². The van der Waals surface area contributed by atoms with Gasteiger partial charge in [0.25, 0.3) is 0 Å². The number of halogens is 4. The van der Waals surface area contributed by atoms with Crippen molar-refractivity contribution in [3.63, 3.8) is 0 Å². The Morgan fingerprint density at radius 1 is 1.12 bits per heavy atom. The van der Waals surface area contributed by atoms with E-state index in [-0.39, 0.29) is 55.5 Å². The highest BCUT2D eigenvalue weighted by Gasteiger charge is 2.20. The van der Waals surface area contributed by atoms with Crippen molar-refractivity contribution in [2.24, 2.45) is 5.73 Å². The fraction of sp³-hybridized carbons (Fsp3) is 0.375. The summed E-state index contributed by atoms with van der Waals surface area (Å²) in [4.78, 5) is 20.3. The number of hydrogen-bond acceptors (Lipinski definition) is 5. The maximum Gasteiger partial charge on any atom is 0.236 e. The zero-order valence-corrected chi connectivity index (χ0v) is 17.2. The molecule has 0 aliphatic carbocycles. The molecule has 1 amide bonds.